The van der Waals surface area contributed by atoms with Crippen LogP contribution >= 0.6 is 43.5 Å². The lowest BCUT2D eigenvalue weighted by atomic mass is 10.0. The van der Waals surface area contributed by atoms with Crippen molar-refractivity contribution < 1.29 is 12.6 Å². The Kier molecular flexibility index (Phi) is 6.81. The molecule has 0 fully saturated rings. The predicted molar refractivity (Wildman–Crippen MR) is 121 cm³/mol. The van der Waals surface area contributed by atoms with Gasteiger partial charge >= 0.3 is 10.1 Å². The van der Waals surface area contributed by atoms with Gasteiger partial charge < -0.3 is 4.18 Å². The second kappa shape index (κ2) is 9.14. The van der Waals surface area contributed by atoms with Crippen LogP contribution in [0.1, 0.15) is 11.1 Å². The highest BCUT2D eigenvalue weighted by Crippen LogP contribution is 2.30. The highest BCUT2D eigenvalue weighted by Gasteiger charge is 2.18. The molecular weight excluding hydrogens is 542 g/mol. The molecule has 0 bridgehead atoms. The number of nitrogens with zero attached hydrogens (tertiary/aromatic N) is 1. The Hall–Kier alpha value is -2.11. The number of halogens is 3. The fraction of sp³-hybridized carbons (Fsp3) is 0. The van der Waals surface area contributed by atoms with E-state index >= 15 is 0 Å². The summed E-state index contributed by atoms with van der Waals surface area (Å²) >= 11 is 12.5. The standard InChI is InChI=1S/C21H12Br2ClNO3S/c22-17-4-2-15(3-5-17)16(13-25)11-14-1-10-21(20(23)12-14)28-29(26,27)19-8-6-18(24)7-9-19/h1-12H/b16-11+. The van der Waals surface area contributed by atoms with Crippen molar-refractivity contribution in [2.24, 2.45) is 0 Å². The van der Waals surface area contributed by atoms with Gasteiger partial charge in [-0.1, -0.05) is 45.7 Å². The summed E-state index contributed by atoms with van der Waals surface area (Å²) in [5.41, 5.74) is 1.97. The molecule has 3 aromatic rings. The highest BCUT2D eigenvalue weighted by molar-refractivity contribution is 9.10. The molecule has 0 atom stereocenters. The monoisotopic (exact) mass is 551 g/mol. The first-order chi connectivity index (χ1) is 13.8. The molecular formula is C21H12Br2ClNO3S. The zero-order valence-electron chi connectivity index (χ0n) is 14.6. The third kappa shape index (κ3) is 5.49. The number of rotatable bonds is 5. The van der Waals surface area contributed by atoms with Crippen LogP contribution in [-0.2, 0) is 10.1 Å². The molecule has 0 heterocycles. The van der Waals surface area contributed by atoms with Gasteiger partial charge in [-0.2, -0.15) is 13.7 Å². The number of benzene rings is 3. The molecule has 3 rings (SSSR count). The Morgan fingerprint density at radius 2 is 1.66 bits per heavy atom. The summed E-state index contributed by atoms with van der Waals surface area (Å²) in [6.45, 7) is 0. The van der Waals surface area contributed by atoms with Gasteiger partial charge in [0.2, 0.25) is 0 Å². The van der Waals surface area contributed by atoms with Crippen molar-refractivity contribution in [2.45, 2.75) is 4.90 Å². The minimum atomic E-state index is -4.00. The Labute approximate surface area is 190 Å². The molecule has 0 aliphatic rings. The maximum absolute atomic E-state index is 12.4. The van der Waals surface area contributed by atoms with E-state index in [1.165, 1.54) is 30.3 Å². The van der Waals surface area contributed by atoms with Crippen LogP contribution in [0.15, 0.2) is 80.6 Å². The molecule has 8 heteroatoms. The Morgan fingerprint density at radius 3 is 2.24 bits per heavy atom. The van der Waals surface area contributed by atoms with E-state index in [4.69, 9.17) is 15.8 Å². The average molecular weight is 554 g/mol. The minimum Gasteiger partial charge on any atom is -0.378 e. The van der Waals surface area contributed by atoms with Gasteiger partial charge in [0.25, 0.3) is 0 Å². The van der Waals surface area contributed by atoms with Gasteiger partial charge in [0.05, 0.1) is 16.1 Å². The largest absolute Gasteiger partial charge is 0.378 e. The van der Waals surface area contributed by atoms with E-state index in [2.05, 4.69) is 37.9 Å². The lowest BCUT2D eigenvalue weighted by Gasteiger charge is -2.09. The maximum Gasteiger partial charge on any atom is 0.339 e. The first-order valence-electron chi connectivity index (χ1n) is 8.16. The van der Waals surface area contributed by atoms with Gasteiger partial charge in [0.1, 0.15) is 4.90 Å². The van der Waals surface area contributed by atoms with Crippen molar-refractivity contribution in [2.75, 3.05) is 0 Å². The summed E-state index contributed by atoms with van der Waals surface area (Å²) in [6, 6.07) is 20.2. The molecule has 0 amide bonds. The van der Waals surface area contributed by atoms with Crippen LogP contribution in [0.5, 0.6) is 5.75 Å². The summed E-state index contributed by atoms with van der Waals surface area (Å²) in [7, 11) is -4.00. The molecule has 0 aliphatic heterocycles. The van der Waals surface area contributed by atoms with Crippen molar-refractivity contribution in [3.63, 3.8) is 0 Å². The second-order valence-electron chi connectivity index (χ2n) is 5.86. The number of allylic oxidation sites excluding steroid dienone is 1. The molecule has 0 saturated heterocycles. The van der Waals surface area contributed by atoms with Gasteiger partial charge in [0, 0.05) is 9.50 Å². The van der Waals surface area contributed by atoms with Crippen molar-refractivity contribution >= 4 is 65.2 Å². The van der Waals surface area contributed by atoms with E-state index in [1.807, 2.05) is 24.3 Å². The first-order valence-corrected chi connectivity index (χ1v) is 11.5. The molecule has 146 valence electrons. The summed E-state index contributed by atoms with van der Waals surface area (Å²) in [4.78, 5) is -0.000206. The normalized spacial score (nSPS) is 11.7. The zero-order chi connectivity index (χ0) is 21.0. The van der Waals surface area contributed by atoms with E-state index in [-0.39, 0.29) is 10.6 Å². The maximum atomic E-state index is 12.4. The molecule has 0 spiro atoms. The van der Waals surface area contributed by atoms with Crippen LogP contribution in [0.4, 0.5) is 0 Å². The molecule has 0 aliphatic carbocycles. The Morgan fingerprint density at radius 1 is 1.00 bits per heavy atom. The Bertz CT molecular complexity index is 1220. The number of nitriles is 1. The van der Waals surface area contributed by atoms with Gasteiger partial charge in [-0.25, -0.2) is 0 Å². The van der Waals surface area contributed by atoms with Gasteiger partial charge in [-0.15, -0.1) is 0 Å². The molecule has 29 heavy (non-hydrogen) atoms. The highest BCUT2D eigenvalue weighted by atomic mass is 79.9. The summed E-state index contributed by atoms with van der Waals surface area (Å²) in [5.74, 6) is 0.138. The molecule has 3 aromatic carbocycles. The van der Waals surface area contributed by atoms with Crippen LogP contribution in [0.3, 0.4) is 0 Å². The fourth-order valence-electron chi connectivity index (χ4n) is 2.42. The first kappa shape index (κ1) is 21.6. The second-order valence-corrected chi connectivity index (χ2v) is 9.61. The summed E-state index contributed by atoms with van der Waals surface area (Å²) < 4.78 is 31.5. The molecule has 0 N–H and O–H groups in total. The molecule has 0 saturated carbocycles. The SMILES string of the molecule is N#C/C(=C\c1ccc(OS(=O)(=O)c2ccc(Cl)cc2)c(Br)c1)c1ccc(Br)cc1. The molecule has 4 nitrogen and oxygen atoms in total. The van der Waals surface area contributed by atoms with Crippen LogP contribution in [0, 0.1) is 11.3 Å². The minimum absolute atomic E-state index is 0.000206. The Balaban J connectivity index is 1.87. The van der Waals surface area contributed by atoms with E-state index in [0.717, 1.165) is 10.0 Å². The number of hydrogen-bond donors (Lipinski definition) is 0. The van der Waals surface area contributed by atoms with Gasteiger partial charge in [0.15, 0.2) is 5.75 Å². The van der Waals surface area contributed by atoms with Crippen LogP contribution in [-0.4, -0.2) is 8.42 Å². The lowest BCUT2D eigenvalue weighted by molar-refractivity contribution is 0.484. The quantitative estimate of drug-likeness (QED) is 0.200. The van der Waals surface area contributed by atoms with E-state index in [9.17, 15) is 13.7 Å². The topological polar surface area (TPSA) is 67.2 Å². The molecule has 0 unspecified atom stereocenters. The molecule has 0 aromatic heterocycles. The van der Waals surface area contributed by atoms with Gasteiger partial charge in [-0.05, 0) is 81.7 Å². The third-order valence-electron chi connectivity index (χ3n) is 3.84. The van der Waals surface area contributed by atoms with E-state index < -0.39 is 10.1 Å². The van der Waals surface area contributed by atoms with Crippen LogP contribution in [0.25, 0.3) is 11.6 Å². The fourth-order valence-corrected chi connectivity index (χ4v) is 4.34. The van der Waals surface area contributed by atoms with E-state index in [1.54, 1.807) is 18.2 Å². The summed E-state index contributed by atoms with van der Waals surface area (Å²) in [5, 5.41) is 9.91. The molecule has 0 radical (unpaired) electrons. The summed E-state index contributed by atoms with van der Waals surface area (Å²) in [6.07, 6.45) is 1.71. The van der Waals surface area contributed by atoms with Crippen LogP contribution in [0.2, 0.25) is 5.02 Å². The van der Waals surface area contributed by atoms with Crippen molar-refractivity contribution in [1.82, 2.24) is 0 Å². The van der Waals surface area contributed by atoms with Gasteiger partial charge in [-0.3, -0.25) is 0 Å². The average Bonchev–Trinajstić information content (AvgIpc) is 2.69. The zero-order valence-corrected chi connectivity index (χ0v) is 19.4. The smallest absolute Gasteiger partial charge is 0.339 e. The van der Waals surface area contributed by atoms with Crippen molar-refractivity contribution in [1.29, 1.82) is 5.26 Å². The number of hydrogen-bond acceptors (Lipinski definition) is 4. The lowest BCUT2D eigenvalue weighted by Crippen LogP contribution is -2.10. The van der Waals surface area contributed by atoms with Crippen molar-refractivity contribution in [3.05, 3.63) is 91.8 Å². The third-order valence-corrected chi connectivity index (χ3v) is 6.49. The van der Waals surface area contributed by atoms with Crippen LogP contribution < -0.4 is 4.18 Å². The van der Waals surface area contributed by atoms with E-state index in [0.29, 0.717) is 20.6 Å². The van der Waals surface area contributed by atoms with Crippen molar-refractivity contribution in [3.8, 4) is 11.8 Å². The predicted octanol–water partition coefficient (Wildman–Crippen LogP) is 6.70.